The van der Waals surface area contributed by atoms with Crippen molar-refractivity contribution >= 4 is 23.6 Å². The molecule has 0 radical (unpaired) electrons. The van der Waals surface area contributed by atoms with Crippen LogP contribution in [0.4, 0.5) is 5.69 Å². The van der Waals surface area contributed by atoms with Crippen LogP contribution in [0.3, 0.4) is 0 Å². The van der Waals surface area contributed by atoms with Crippen LogP contribution in [0.15, 0.2) is 72.3 Å². The Kier molecular flexibility index (Phi) is 10.3. The summed E-state index contributed by atoms with van der Waals surface area (Å²) in [5.74, 6) is 0.677. The highest BCUT2D eigenvalue weighted by atomic mass is 16.5. The fraction of sp³-hybridized carbons (Fsp3) is 0.333. The lowest BCUT2D eigenvalue weighted by Crippen LogP contribution is -2.31. The smallest absolute Gasteiger partial charge is 0.331 e. The number of carboxylic acids is 1. The molecule has 0 fully saturated rings. The molecule has 0 aromatic heterocycles. The third-order valence-electron chi connectivity index (χ3n) is 6.69. The van der Waals surface area contributed by atoms with E-state index in [2.05, 4.69) is 5.32 Å². The number of ether oxygens (including phenoxy) is 2. The molecule has 1 amide bonds. The lowest BCUT2D eigenvalue weighted by molar-refractivity contribution is -0.132. The second-order valence-corrected chi connectivity index (χ2v) is 10.4. The van der Waals surface area contributed by atoms with Gasteiger partial charge in [0.25, 0.3) is 0 Å². The fourth-order valence-corrected chi connectivity index (χ4v) is 4.10. The minimum atomic E-state index is -0.921. The molecular formula is C33H39NO5. The van der Waals surface area contributed by atoms with Crippen molar-refractivity contribution in [3.63, 3.8) is 0 Å². The van der Waals surface area contributed by atoms with Gasteiger partial charge in [0.05, 0.1) is 6.61 Å². The second-order valence-electron chi connectivity index (χ2n) is 10.4. The number of rotatable bonds is 13. The van der Waals surface area contributed by atoms with Crippen LogP contribution in [0.25, 0.3) is 6.08 Å². The zero-order valence-corrected chi connectivity index (χ0v) is 23.5. The predicted molar refractivity (Wildman–Crippen MR) is 156 cm³/mol. The largest absolute Gasteiger partial charge is 0.493 e. The maximum atomic E-state index is 12.9. The van der Waals surface area contributed by atoms with Crippen molar-refractivity contribution < 1.29 is 24.2 Å². The van der Waals surface area contributed by atoms with Crippen LogP contribution in [0.5, 0.6) is 11.5 Å². The van der Waals surface area contributed by atoms with Gasteiger partial charge >= 0.3 is 5.97 Å². The molecule has 2 N–H and O–H groups in total. The molecule has 206 valence electrons. The summed E-state index contributed by atoms with van der Waals surface area (Å²) in [5.41, 5.74) is 4.36. The van der Waals surface area contributed by atoms with Gasteiger partial charge in [0, 0.05) is 16.7 Å². The van der Waals surface area contributed by atoms with E-state index in [0.717, 1.165) is 40.2 Å². The third-order valence-corrected chi connectivity index (χ3v) is 6.69. The number of benzene rings is 3. The Balaban J connectivity index is 1.48. The summed E-state index contributed by atoms with van der Waals surface area (Å²) in [6.07, 6.45) is 3.48. The van der Waals surface area contributed by atoms with Crippen LogP contribution in [0, 0.1) is 19.3 Å². The summed E-state index contributed by atoms with van der Waals surface area (Å²) in [6, 6.07) is 21.3. The molecule has 0 bridgehead atoms. The van der Waals surface area contributed by atoms with Crippen LogP contribution in [-0.4, -0.2) is 23.6 Å². The van der Waals surface area contributed by atoms with E-state index in [1.54, 1.807) is 30.3 Å². The van der Waals surface area contributed by atoms with Crippen LogP contribution >= 0.6 is 0 Å². The molecule has 3 aromatic rings. The summed E-state index contributed by atoms with van der Waals surface area (Å²) in [6.45, 7) is 10.7. The predicted octanol–water partition coefficient (Wildman–Crippen LogP) is 7.58. The Morgan fingerprint density at radius 2 is 1.54 bits per heavy atom. The zero-order chi connectivity index (χ0) is 28.4. The molecule has 39 heavy (non-hydrogen) atoms. The minimum Gasteiger partial charge on any atom is -0.493 e. The highest BCUT2D eigenvalue weighted by Crippen LogP contribution is 2.30. The van der Waals surface area contributed by atoms with E-state index in [9.17, 15) is 14.7 Å². The van der Waals surface area contributed by atoms with Crippen molar-refractivity contribution in [2.24, 2.45) is 5.41 Å². The molecule has 0 aliphatic rings. The first kappa shape index (κ1) is 29.5. The number of carboxylic acid groups (broad SMARTS) is 1. The van der Waals surface area contributed by atoms with Gasteiger partial charge in [-0.3, -0.25) is 4.79 Å². The maximum absolute atomic E-state index is 12.9. The molecular weight excluding hydrogens is 490 g/mol. The number of carbonyl (C=O) groups excluding carboxylic acids is 1. The minimum absolute atomic E-state index is 0.0717. The quantitative estimate of drug-likeness (QED) is 0.176. The van der Waals surface area contributed by atoms with Crippen LogP contribution in [0.2, 0.25) is 0 Å². The number of nitrogens with one attached hydrogen (secondary N) is 1. The van der Waals surface area contributed by atoms with Gasteiger partial charge in [-0.2, -0.15) is 0 Å². The molecule has 0 atom stereocenters. The van der Waals surface area contributed by atoms with E-state index >= 15 is 0 Å². The molecule has 0 saturated carbocycles. The van der Waals surface area contributed by atoms with E-state index in [4.69, 9.17) is 9.47 Å². The van der Waals surface area contributed by atoms with E-state index in [1.165, 1.54) is 0 Å². The first-order chi connectivity index (χ1) is 18.6. The standard InChI is InChI=1S/C33H39NO5/c1-6-27(31(35)36)21-25-13-15-28(16-14-25)34-32(37)33(4,5)17-10-18-38-29-19-24(3)30(20-23(29)2)39-22-26-11-8-7-9-12-26/h7-9,11-16,19-21H,6,10,17-18,22H2,1-5H3,(H,34,37)(H,35,36). The van der Waals surface area contributed by atoms with Crippen molar-refractivity contribution in [3.8, 4) is 11.5 Å². The molecule has 0 heterocycles. The number of carbonyl (C=O) groups is 2. The van der Waals surface area contributed by atoms with Crippen LogP contribution < -0.4 is 14.8 Å². The van der Waals surface area contributed by atoms with E-state index in [0.29, 0.717) is 37.3 Å². The molecule has 3 aromatic carbocycles. The van der Waals surface area contributed by atoms with Gasteiger partial charge in [-0.15, -0.1) is 0 Å². The summed E-state index contributed by atoms with van der Waals surface area (Å²) in [5, 5.41) is 12.2. The highest BCUT2D eigenvalue weighted by Gasteiger charge is 2.27. The van der Waals surface area contributed by atoms with Gasteiger partial charge in [0.2, 0.25) is 5.91 Å². The molecule has 0 aliphatic carbocycles. The molecule has 6 heteroatoms. The summed E-state index contributed by atoms with van der Waals surface area (Å²) >= 11 is 0. The van der Waals surface area contributed by atoms with Crippen molar-refractivity contribution in [2.75, 3.05) is 11.9 Å². The number of amides is 1. The monoisotopic (exact) mass is 529 g/mol. The maximum Gasteiger partial charge on any atom is 0.331 e. The highest BCUT2D eigenvalue weighted by molar-refractivity contribution is 5.95. The lowest BCUT2D eigenvalue weighted by Gasteiger charge is -2.24. The average molecular weight is 530 g/mol. The second kappa shape index (κ2) is 13.7. The molecule has 0 spiro atoms. The van der Waals surface area contributed by atoms with Gasteiger partial charge in [0.15, 0.2) is 0 Å². The van der Waals surface area contributed by atoms with Crippen LogP contribution in [0.1, 0.15) is 62.3 Å². The number of aryl methyl sites for hydroxylation is 2. The fourth-order valence-electron chi connectivity index (χ4n) is 4.10. The molecule has 0 aliphatic heterocycles. The van der Waals surface area contributed by atoms with Crippen molar-refractivity contribution in [1.82, 2.24) is 0 Å². The molecule has 0 saturated heterocycles. The van der Waals surface area contributed by atoms with E-state index < -0.39 is 11.4 Å². The number of aliphatic carboxylic acids is 1. The van der Waals surface area contributed by atoms with Crippen LogP contribution in [-0.2, 0) is 16.2 Å². The Bertz CT molecular complexity index is 1290. The van der Waals surface area contributed by atoms with Gasteiger partial charge in [-0.1, -0.05) is 63.2 Å². The van der Waals surface area contributed by atoms with E-state index in [-0.39, 0.29) is 5.91 Å². The topological polar surface area (TPSA) is 84.9 Å². The molecule has 6 nitrogen and oxygen atoms in total. The lowest BCUT2D eigenvalue weighted by atomic mass is 9.87. The summed E-state index contributed by atoms with van der Waals surface area (Å²) in [7, 11) is 0. The Morgan fingerprint density at radius 3 is 2.13 bits per heavy atom. The van der Waals surface area contributed by atoms with Crippen molar-refractivity contribution in [3.05, 3.63) is 94.6 Å². The third kappa shape index (κ3) is 8.74. The summed E-state index contributed by atoms with van der Waals surface area (Å²) in [4.78, 5) is 24.2. The molecule has 3 rings (SSSR count). The first-order valence-electron chi connectivity index (χ1n) is 13.3. The Labute approximate surface area is 231 Å². The Morgan fingerprint density at radius 1 is 0.923 bits per heavy atom. The first-order valence-corrected chi connectivity index (χ1v) is 13.3. The Hall–Kier alpha value is -4.06. The number of hydrogen-bond donors (Lipinski definition) is 2. The summed E-state index contributed by atoms with van der Waals surface area (Å²) < 4.78 is 12.1. The van der Waals surface area contributed by atoms with Crippen molar-refractivity contribution in [1.29, 1.82) is 0 Å². The average Bonchev–Trinajstić information content (AvgIpc) is 2.91. The number of hydrogen-bond acceptors (Lipinski definition) is 4. The van der Waals surface area contributed by atoms with Gasteiger partial charge in [-0.05, 0) is 85.7 Å². The van der Waals surface area contributed by atoms with Gasteiger partial charge in [0.1, 0.15) is 18.1 Å². The SMILES string of the molecule is CCC(=Cc1ccc(NC(=O)C(C)(C)CCCOc2cc(C)c(OCc3ccccc3)cc2C)cc1)C(=O)O. The van der Waals surface area contributed by atoms with Gasteiger partial charge in [-0.25, -0.2) is 4.79 Å². The zero-order valence-electron chi connectivity index (χ0n) is 23.5. The van der Waals surface area contributed by atoms with Crippen molar-refractivity contribution in [2.45, 2.75) is 60.5 Å². The normalized spacial score (nSPS) is 11.7. The molecule has 0 unspecified atom stereocenters. The van der Waals surface area contributed by atoms with E-state index in [1.807, 2.05) is 77.1 Å². The van der Waals surface area contributed by atoms with Gasteiger partial charge < -0.3 is 19.9 Å². The number of anilines is 1.